The third-order valence-electron chi connectivity index (χ3n) is 3.06. The van der Waals surface area contributed by atoms with Crippen LogP contribution in [0.25, 0.3) is 0 Å². The Balaban J connectivity index is 2.24. The minimum absolute atomic E-state index is 0.103. The van der Waals surface area contributed by atoms with Gasteiger partial charge in [0.05, 0.1) is 7.11 Å². The van der Waals surface area contributed by atoms with Gasteiger partial charge in [-0.05, 0) is 24.3 Å². The van der Waals surface area contributed by atoms with E-state index in [4.69, 9.17) is 16.3 Å². The van der Waals surface area contributed by atoms with E-state index in [1.165, 1.54) is 43.5 Å². The van der Waals surface area contributed by atoms with E-state index in [1.54, 1.807) is 6.07 Å². The molecular weight excluding hydrogens is 364 g/mol. The molecule has 1 N–H and O–H groups in total. The Hall–Kier alpha value is -1.90. The SMILES string of the molecule is COc1ccc(Cl)cc1S(=O)(=O)NCc1ccccc1OC(F)F. The average Bonchev–Trinajstić information content (AvgIpc) is 2.53. The lowest BCUT2D eigenvalue weighted by Gasteiger charge is -2.13. The normalized spacial score (nSPS) is 11.5. The zero-order valence-corrected chi connectivity index (χ0v) is 14.1. The maximum absolute atomic E-state index is 12.4. The van der Waals surface area contributed by atoms with Crippen LogP contribution in [0, 0.1) is 0 Å². The zero-order valence-electron chi connectivity index (χ0n) is 12.5. The van der Waals surface area contributed by atoms with Crippen molar-refractivity contribution in [2.45, 2.75) is 18.1 Å². The van der Waals surface area contributed by atoms with Crippen molar-refractivity contribution in [3.05, 3.63) is 53.1 Å². The number of rotatable bonds is 7. The predicted molar refractivity (Wildman–Crippen MR) is 85.1 cm³/mol. The molecule has 0 spiro atoms. The highest BCUT2D eigenvalue weighted by Crippen LogP contribution is 2.27. The van der Waals surface area contributed by atoms with Crippen LogP contribution in [-0.2, 0) is 16.6 Å². The summed E-state index contributed by atoms with van der Waals surface area (Å²) >= 11 is 5.83. The molecule has 24 heavy (non-hydrogen) atoms. The van der Waals surface area contributed by atoms with Gasteiger partial charge in [-0.1, -0.05) is 29.8 Å². The topological polar surface area (TPSA) is 64.6 Å². The second kappa shape index (κ2) is 7.78. The van der Waals surface area contributed by atoms with E-state index in [0.29, 0.717) is 0 Å². The monoisotopic (exact) mass is 377 g/mol. The minimum atomic E-state index is -3.97. The van der Waals surface area contributed by atoms with Crippen LogP contribution in [0.3, 0.4) is 0 Å². The number of sulfonamides is 1. The lowest BCUT2D eigenvalue weighted by Crippen LogP contribution is -2.24. The largest absolute Gasteiger partial charge is 0.495 e. The number of ether oxygens (including phenoxy) is 2. The highest BCUT2D eigenvalue weighted by atomic mass is 35.5. The van der Waals surface area contributed by atoms with Gasteiger partial charge in [0.1, 0.15) is 16.4 Å². The Morgan fingerprint density at radius 2 is 1.88 bits per heavy atom. The van der Waals surface area contributed by atoms with Crippen LogP contribution in [0.5, 0.6) is 11.5 Å². The maximum Gasteiger partial charge on any atom is 0.387 e. The molecule has 130 valence electrons. The second-order valence-electron chi connectivity index (χ2n) is 4.61. The van der Waals surface area contributed by atoms with Crippen molar-refractivity contribution in [1.29, 1.82) is 0 Å². The Kier molecular flexibility index (Phi) is 5.98. The molecule has 0 aliphatic carbocycles. The summed E-state index contributed by atoms with van der Waals surface area (Å²) in [5.41, 5.74) is 0.266. The number of para-hydroxylation sites is 1. The van der Waals surface area contributed by atoms with Gasteiger partial charge in [0.2, 0.25) is 10.0 Å². The van der Waals surface area contributed by atoms with Crippen molar-refractivity contribution in [3.8, 4) is 11.5 Å². The van der Waals surface area contributed by atoms with Crippen LogP contribution in [-0.4, -0.2) is 22.1 Å². The van der Waals surface area contributed by atoms with Crippen LogP contribution < -0.4 is 14.2 Å². The molecule has 0 aliphatic heterocycles. The standard InChI is InChI=1S/C15H14ClF2NO4S/c1-22-13-7-6-11(16)8-14(13)24(20,21)19-9-10-4-2-3-5-12(10)23-15(17)18/h2-8,15,19H,9H2,1H3. The Morgan fingerprint density at radius 3 is 2.54 bits per heavy atom. The van der Waals surface area contributed by atoms with Crippen molar-refractivity contribution < 1.29 is 26.7 Å². The van der Waals surface area contributed by atoms with Crippen LogP contribution in [0.4, 0.5) is 8.78 Å². The summed E-state index contributed by atoms with van der Waals surface area (Å²) in [5, 5.41) is 0.220. The van der Waals surface area contributed by atoms with Gasteiger partial charge in [-0.25, -0.2) is 13.1 Å². The van der Waals surface area contributed by atoms with Crippen LogP contribution in [0.15, 0.2) is 47.4 Å². The van der Waals surface area contributed by atoms with Gasteiger partial charge in [0.15, 0.2) is 0 Å². The predicted octanol–water partition coefficient (Wildman–Crippen LogP) is 3.43. The molecule has 5 nitrogen and oxygen atoms in total. The van der Waals surface area contributed by atoms with E-state index >= 15 is 0 Å². The van der Waals surface area contributed by atoms with Crippen molar-refractivity contribution in [1.82, 2.24) is 4.72 Å². The van der Waals surface area contributed by atoms with Crippen molar-refractivity contribution in [2.24, 2.45) is 0 Å². The highest BCUT2D eigenvalue weighted by Gasteiger charge is 2.20. The van der Waals surface area contributed by atoms with Gasteiger partial charge < -0.3 is 9.47 Å². The molecule has 0 aromatic heterocycles. The Morgan fingerprint density at radius 1 is 1.17 bits per heavy atom. The molecule has 0 aliphatic rings. The fraction of sp³-hybridized carbons (Fsp3) is 0.200. The van der Waals surface area contributed by atoms with Crippen LogP contribution >= 0.6 is 11.6 Å². The van der Waals surface area contributed by atoms with E-state index in [0.717, 1.165) is 0 Å². The fourth-order valence-electron chi connectivity index (χ4n) is 1.97. The molecule has 0 saturated carbocycles. The molecule has 2 aromatic rings. The molecule has 9 heteroatoms. The maximum atomic E-state index is 12.4. The number of hydrogen-bond donors (Lipinski definition) is 1. The molecule has 0 unspecified atom stereocenters. The smallest absolute Gasteiger partial charge is 0.387 e. The van der Waals surface area contributed by atoms with Gasteiger partial charge in [0.25, 0.3) is 0 Å². The van der Waals surface area contributed by atoms with Gasteiger partial charge in [-0.2, -0.15) is 8.78 Å². The number of halogens is 3. The number of alkyl halides is 2. The summed E-state index contributed by atoms with van der Waals surface area (Å²) in [6.45, 7) is -3.24. The van der Waals surface area contributed by atoms with E-state index < -0.39 is 16.6 Å². The summed E-state index contributed by atoms with van der Waals surface area (Å²) in [7, 11) is -2.64. The fourth-order valence-corrected chi connectivity index (χ4v) is 3.41. The van der Waals surface area contributed by atoms with E-state index in [1.807, 2.05) is 0 Å². The molecule has 2 aromatic carbocycles. The first kappa shape index (κ1) is 18.4. The third-order valence-corrected chi connectivity index (χ3v) is 4.71. The van der Waals surface area contributed by atoms with Gasteiger partial charge in [-0.15, -0.1) is 0 Å². The molecule has 2 rings (SSSR count). The number of nitrogens with one attached hydrogen (secondary N) is 1. The van der Waals surface area contributed by atoms with Gasteiger partial charge in [0, 0.05) is 17.1 Å². The average molecular weight is 378 g/mol. The minimum Gasteiger partial charge on any atom is -0.495 e. The summed E-state index contributed by atoms with van der Waals surface area (Å²) in [6, 6.07) is 10.1. The summed E-state index contributed by atoms with van der Waals surface area (Å²) in [4.78, 5) is -0.148. The van der Waals surface area contributed by atoms with Crippen molar-refractivity contribution >= 4 is 21.6 Å². The molecule has 0 fully saturated rings. The summed E-state index contributed by atoms with van der Waals surface area (Å²) in [6.07, 6.45) is 0. The Labute approximate surface area is 143 Å². The molecule has 0 heterocycles. The van der Waals surface area contributed by atoms with Crippen LogP contribution in [0.1, 0.15) is 5.56 Å². The summed E-state index contributed by atoms with van der Waals surface area (Å²) in [5.74, 6) is 0.0114. The molecule has 0 saturated heterocycles. The zero-order chi connectivity index (χ0) is 17.7. The third kappa shape index (κ3) is 4.56. The van der Waals surface area contributed by atoms with E-state index in [2.05, 4.69) is 9.46 Å². The second-order valence-corrected chi connectivity index (χ2v) is 6.78. The first-order valence-electron chi connectivity index (χ1n) is 6.69. The van der Waals surface area contributed by atoms with E-state index in [-0.39, 0.29) is 33.5 Å². The molecule has 0 amide bonds. The highest BCUT2D eigenvalue weighted by molar-refractivity contribution is 7.89. The lowest BCUT2D eigenvalue weighted by atomic mass is 10.2. The number of benzene rings is 2. The quantitative estimate of drug-likeness (QED) is 0.803. The molecule has 0 radical (unpaired) electrons. The summed E-state index contributed by atoms with van der Waals surface area (Å²) < 4.78 is 61.3. The first-order chi connectivity index (χ1) is 11.3. The lowest BCUT2D eigenvalue weighted by molar-refractivity contribution is -0.0504. The Bertz CT molecular complexity index is 815. The number of methoxy groups -OCH3 is 1. The number of hydrogen-bond acceptors (Lipinski definition) is 4. The first-order valence-corrected chi connectivity index (χ1v) is 8.55. The molecule has 0 atom stereocenters. The van der Waals surface area contributed by atoms with E-state index in [9.17, 15) is 17.2 Å². The molecular formula is C15H14ClF2NO4S. The van der Waals surface area contributed by atoms with Gasteiger partial charge in [-0.3, -0.25) is 0 Å². The van der Waals surface area contributed by atoms with Gasteiger partial charge >= 0.3 is 6.61 Å². The van der Waals surface area contributed by atoms with Crippen LogP contribution in [0.2, 0.25) is 5.02 Å². The molecule has 0 bridgehead atoms. The van der Waals surface area contributed by atoms with Crippen molar-refractivity contribution in [3.63, 3.8) is 0 Å². The van der Waals surface area contributed by atoms with Crippen molar-refractivity contribution in [2.75, 3.05) is 7.11 Å².